The van der Waals surface area contributed by atoms with Crippen molar-refractivity contribution in [1.29, 1.82) is 0 Å². The highest BCUT2D eigenvalue weighted by molar-refractivity contribution is 5.89. The molecule has 0 unspecified atom stereocenters. The first-order valence-electron chi connectivity index (χ1n) is 7.57. The summed E-state index contributed by atoms with van der Waals surface area (Å²) in [6.07, 6.45) is 2.83. The smallest absolute Gasteiger partial charge is 0.319 e. The number of benzene rings is 1. The summed E-state index contributed by atoms with van der Waals surface area (Å²) in [6.45, 7) is 2.12. The molecule has 0 aliphatic rings. The van der Waals surface area contributed by atoms with Crippen LogP contribution in [0.25, 0.3) is 5.69 Å². The third kappa shape index (κ3) is 4.13. The van der Waals surface area contributed by atoms with Crippen LogP contribution in [0.2, 0.25) is 0 Å². The van der Waals surface area contributed by atoms with Gasteiger partial charge in [-0.2, -0.15) is 9.78 Å². The minimum absolute atomic E-state index is 0.158. The molecule has 2 amide bonds. The van der Waals surface area contributed by atoms with Crippen molar-refractivity contribution in [2.24, 2.45) is 0 Å². The van der Waals surface area contributed by atoms with Gasteiger partial charge in [0.2, 0.25) is 0 Å². The fraction of sp³-hybridized carbons (Fsp3) is 0.286. The van der Waals surface area contributed by atoms with E-state index in [2.05, 4.69) is 41.3 Å². The lowest BCUT2D eigenvalue weighted by Gasteiger charge is -2.10. The summed E-state index contributed by atoms with van der Waals surface area (Å²) in [4.78, 5) is 15.9. The van der Waals surface area contributed by atoms with E-state index in [1.165, 1.54) is 29.2 Å². The Labute approximate surface area is 141 Å². The van der Waals surface area contributed by atoms with Gasteiger partial charge in [-0.05, 0) is 42.0 Å². The number of urea groups is 1. The van der Waals surface area contributed by atoms with Gasteiger partial charge in [0.05, 0.1) is 0 Å². The SMILES string of the molecule is Cc1nnnn1-c1cc(NC(=O)NCCCc2ncn[nH]2)ccc1F. The number of nitrogens with one attached hydrogen (secondary N) is 3. The van der Waals surface area contributed by atoms with Crippen molar-refractivity contribution in [2.75, 3.05) is 11.9 Å². The van der Waals surface area contributed by atoms with Crippen LogP contribution < -0.4 is 10.6 Å². The first-order chi connectivity index (χ1) is 12.1. The normalized spacial score (nSPS) is 10.6. The molecule has 3 N–H and O–H groups in total. The van der Waals surface area contributed by atoms with Crippen LogP contribution >= 0.6 is 0 Å². The van der Waals surface area contributed by atoms with Crippen molar-refractivity contribution in [2.45, 2.75) is 19.8 Å². The molecule has 2 aromatic heterocycles. The standard InChI is InChI=1S/C14H16FN9O/c1-9-20-22-23-24(9)12-7-10(4-5-11(12)15)19-14(25)16-6-2-3-13-17-8-18-21-13/h4-5,7-8H,2-3,6H2,1H3,(H2,16,19,25)(H,17,18,21). The Morgan fingerprint density at radius 3 is 3.00 bits per heavy atom. The summed E-state index contributed by atoms with van der Waals surface area (Å²) in [7, 11) is 0. The zero-order chi connectivity index (χ0) is 17.6. The van der Waals surface area contributed by atoms with E-state index in [4.69, 9.17) is 0 Å². The molecule has 25 heavy (non-hydrogen) atoms. The summed E-state index contributed by atoms with van der Waals surface area (Å²) in [5.74, 6) is 0.712. The molecule has 3 rings (SSSR count). The monoisotopic (exact) mass is 345 g/mol. The van der Waals surface area contributed by atoms with Crippen molar-refractivity contribution >= 4 is 11.7 Å². The Balaban J connectivity index is 1.55. The van der Waals surface area contributed by atoms with Gasteiger partial charge >= 0.3 is 6.03 Å². The van der Waals surface area contributed by atoms with Gasteiger partial charge in [0.1, 0.15) is 23.7 Å². The van der Waals surface area contributed by atoms with Gasteiger partial charge in [0.25, 0.3) is 0 Å². The number of tetrazole rings is 1. The molecule has 10 nitrogen and oxygen atoms in total. The second-order valence-corrected chi connectivity index (χ2v) is 5.22. The minimum atomic E-state index is -0.492. The van der Waals surface area contributed by atoms with Crippen LogP contribution in [0.1, 0.15) is 18.1 Å². The summed E-state index contributed by atoms with van der Waals surface area (Å²) >= 11 is 0. The third-order valence-corrected chi connectivity index (χ3v) is 3.40. The lowest BCUT2D eigenvalue weighted by Crippen LogP contribution is -2.29. The first-order valence-corrected chi connectivity index (χ1v) is 7.57. The quantitative estimate of drug-likeness (QED) is 0.572. The summed E-state index contributed by atoms with van der Waals surface area (Å²) in [5.41, 5.74) is 0.588. The number of nitrogens with zero attached hydrogens (tertiary/aromatic N) is 6. The van der Waals surface area contributed by atoms with Crippen molar-refractivity contribution < 1.29 is 9.18 Å². The van der Waals surface area contributed by atoms with Crippen molar-refractivity contribution in [3.05, 3.63) is 42.0 Å². The van der Waals surface area contributed by atoms with Gasteiger partial charge in [0.15, 0.2) is 5.82 Å². The zero-order valence-electron chi connectivity index (χ0n) is 13.4. The first kappa shape index (κ1) is 16.5. The fourth-order valence-corrected chi connectivity index (χ4v) is 2.19. The molecule has 0 aliphatic heterocycles. The maximum absolute atomic E-state index is 14.0. The summed E-state index contributed by atoms with van der Waals surface area (Å²) in [5, 5.41) is 22.8. The number of aromatic amines is 1. The van der Waals surface area contributed by atoms with Gasteiger partial charge in [-0.3, -0.25) is 5.10 Å². The molecular formula is C14H16FN9O. The molecule has 3 aromatic rings. The average molecular weight is 345 g/mol. The average Bonchev–Trinajstić information content (AvgIpc) is 3.25. The number of carbonyl (C=O) groups is 1. The number of H-pyrrole nitrogens is 1. The third-order valence-electron chi connectivity index (χ3n) is 3.40. The number of carbonyl (C=O) groups excluding carboxylic acids is 1. The van der Waals surface area contributed by atoms with Crippen molar-refractivity contribution in [3.8, 4) is 5.69 Å². The lowest BCUT2D eigenvalue weighted by atomic mass is 10.2. The van der Waals surface area contributed by atoms with Gasteiger partial charge in [-0.15, -0.1) is 5.10 Å². The predicted octanol–water partition coefficient (Wildman–Crippen LogP) is 0.982. The molecule has 0 bridgehead atoms. The fourth-order valence-electron chi connectivity index (χ4n) is 2.19. The van der Waals surface area contributed by atoms with Gasteiger partial charge in [-0.1, -0.05) is 0 Å². The maximum atomic E-state index is 14.0. The van der Waals surface area contributed by atoms with Gasteiger partial charge < -0.3 is 10.6 Å². The number of halogens is 1. The van der Waals surface area contributed by atoms with E-state index in [9.17, 15) is 9.18 Å². The second-order valence-electron chi connectivity index (χ2n) is 5.22. The molecule has 0 fully saturated rings. The van der Waals surface area contributed by atoms with E-state index in [-0.39, 0.29) is 11.7 Å². The Morgan fingerprint density at radius 2 is 2.28 bits per heavy atom. The van der Waals surface area contributed by atoms with Gasteiger partial charge in [0, 0.05) is 18.7 Å². The Kier molecular flexibility index (Phi) is 4.92. The molecule has 2 heterocycles. The highest BCUT2D eigenvalue weighted by Crippen LogP contribution is 2.18. The van der Waals surface area contributed by atoms with Crippen LogP contribution in [0.3, 0.4) is 0 Å². The molecule has 0 saturated carbocycles. The van der Waals surface area contributed by atoms with E-state index in [1.54, 1.807) is 6.92 Å². The second kappa shape index (κ2) is 7.47. The van der Waals surface area contributed by atoms with Crippen LogP contribution in [0.5, 0.6) is 0 Å². The van der Waals surface area contributed by atoms with Crippen molar-refractivity contribution in [1.82, 2.24) is 40.7 Å². The lowest BCUT2D eigenvalue weighted by molar-refractivity contribution is 0.252. The van der Waals surface area contributed by atoms with Crippen molar-refractivity contribution in [3.63, 3.8) is 0 Å². The van der Waals surface area contributed by atoms with Crippen LogP contribution in [-0.4, -0.2) is 48.0 Å². The van der Waals surface area contributed by atoms with Crippen LogP contribution in [0, 0.1) is 12.7 Å². The van der Waals surface area contributed by atoms with E-state index in [0.29, 0.717) is 30.9 Å². The van der Waals surface area contributed by atoms with E-state index in [1.807, 2.05) is 0 Å². The molecule has 1 aromatic carbocycles. The largest absolute Gasteiger partial charge is 0.338 e. The number of amides is 2. The molecule has 0 radical (unpaired) electrons. The van der Waals surface area contributed by atoms with Crippen LogP contribution in [0.15, 0.2) is 24.5 Å². The zero-order valence-corrected chi connectivity index (χ0v) is 13.4. The summed E-state index contributed by atoms with van der Waals surface area (Å²) in [6, 6.07) is 3.79. The highest BCUT2D eigenvalue weighted by atomic mass is 19.1. The maximum Gasteiger partial charge on any atom is 0.319 e. The molecular weight excluding hydrogens is 329 g/mol. The molecule has 0 spiro atoms. The van der Waals surface area contributed by atoms with Crippen LogP contribution in [-0.2, 0) is 6.42 Å². The molecule has 0 atom stereocenters. The highest BCUT2D eigenvalue weighted by Gasteiger charge is 2.11. The topological polar surface area (TPSA) is 126 Å². The Morgan fingerprint density at radius 1 is 1.40 bits per heavy atom. The molecule has 0 aliphatic carbocycles. The number of hydrogen-bond donors (Lipinski definition) is 3. The predicted molar refractivity (Wildman–Crippen MR) is 85.6 cm³/mol. The van der Waals surface area contributed by atoms with E-state index in [0.717, 1.165) is 5.82 Å². The summed E-state index contributed by atoms with van der Waals surface area (Å²) < 4.78 is 15.2. The number of aryl methyl sites for hydroxylation is 2. The van der Waals surface area contributed by atoms with E-state index >= 15 is 0 Å². The van der Waals surface area contributed by atoms with Gasteiger partial charge in [-0.25, -0.2) is 14.2 Å². The van der Waals surface area contributed by atoms with Crippen LogP contribution in [0.4, 0.5) is 14.9 Å². The number of hydrogen-bond acceptors (Lipinski definition) is 6. The molecule has 11 heteroatoms. The Bertz CT molecular complexity index is 846. The molecule has 0 saturated heterocycles. The number of anilines is 1. The molecule has 130 valence electrons. The minimum Gasteiger partial charge on any atom is -0.338 e. The number of rotatable bonds is 6. The number of aromatic nitrogens is 7. The van der Waals surface area contributed by atoms with E-state index < -0.39 is 5.82 Å². The Hall–Kier alpha value is -3.37.